The highest BCUT2D eigenvalue weighted by atomic mass is 16.6. The summed E-state index contributed by atoms with van der Waals surface area (Å²) in [6, 6.07) is 9.44. The Balaban J connectivity index is 1.24. The number of furan rings is 1. The minimum absolute atomic E-state index is 0.0312. The number of hydrogen-bond acceptors (Lipinski definition) is 6. The summed E-state index contributed by atoms with van der Waals surface area (Å²) in [5.41, 5.74) is 0.529. The van der Waals surface area contributed by atoms with Gasteiger partial charge in [-0.05, 0) is 42.2 Å². The summed E-state index contributed by atoms with van der Waals surface area (Å²) < 4.78 is 5.70. The van der Waals surface area contributed by atoms with Gasteiger partial charge < -0.3 is 4.42 Å². The van der Waals surface area contributed by atoms with Crippen molar-refractivity contribution in [3.05, 3.63) is 64.4 Å². The predicted octanol–water partition coefficient (Wildman–Crippen LogP) is 3.24. The lowest BCUT2D eigenvalue weighted by atomic mass is 9.63. The zero-order valence-electron chi connectivity index (χ0n) is 15.8. The number of imide groups is 1. The van der Waals surface area contributed by atoms with Crippen molar-refractivity contribution < 1.29 is 18.9 Å². The number of rotatable bonds is 4. The second-order valence-electron chi connectivity index (χ2n) is 8.40. The minimum Gasteiger partial charge on any atom is -0.455 e. The van der Waals surface area contributed by atoms with Gasteiger partial charge in [0.2, 0.25) is 0 Å². The van der Waals surface area contributed by atoms with Crippen LogP contribution in [0.25, 0.3) is 11.3 Å². The predicted molar refractivity (Wildman–Crippen MR) is 105 cm³/mol. The highest BCUT2D eigenvalue weighted by molar-refractivity contribution is 6.06. The Kier molecular flexibility index (Phi) is 3.45. The molecule has 0 N–H and O–H groups in total. The van der Waals surface area contributed by atoms with Gasteiger partial charge in [-0.25, -0.2) is 0 Å². The molecule has 5 aliphatic rings. The molecule has 7 rings (SSSR count). The van der Waals surface area contributed by atoms with Crippen LogP contribution in [0.1, 0.15) is 12.2 Å². The SMILES string of the molecule is O=C1[C@@H]2[C@H]3C=C[C@H]([C@@H]4C[C@H]34)[C@@H]2C(=O)N1/N=C\c1ccc(-c2cccc([N+](=O)[O-])c2)o1. The summed E-state index contributed by atoms with van der Waals surface area (Å²) >= 11 is 0. The van der Waals surface area contributed by atoms with Gasteiger partial charge in [0.15, 0.2) is 0 Å². The molecule has 0 unspecified atom stereocenters. The number of hydrogen-bond donors (Lipinski definition) is 0. The molecule has 2 amide bonds. The lowest BCUT2D eigenvalue weighted by Gasteiger charge is -2.37. The van der Waals surface area contributed by atoms with Crippen molar-refractivity contribution in [3.8, 4) is 11.3 Å². The number of nitrogens with zero attached hydrogens (tertiary/aromatic N) is 3. The van der Waals surface area contributed by atoms with Crippen molar-refractivity contribution in [1.29, 1.82) is 0 Å². The standard InChI is InChI=1S/C22H17N3O5/c26-21-19-14-5-6-15(17-9-16(14)17)20(19)22(27)24(21)23-10-13-4-7-18(30-13)11-2-1-3-12(8-11)25(28)29/h1-8,10,14-17,19-20H,9H2/b23-10-/t14-,15+,16+,17-,19+,20-. The van der Waals surface area contributed by atoms with Crippen LogP contribution in [0, 0.1) is 45.6 Å². The normalized spacial score (nSPS) is 33.3. The van der Waals surface area contributed by atoms with Crippen LogP contribution in [0.3, 0.4) is 0 Å². The van der Waals surface area contributed by atoms with Gasteiger partial charge in [-0.1, -0.05) is 24.3 Å². The first kappa shape index (κ1) is 17.3. The largest absolute Gasteiger partial charge is 0.455 e. The van der Waals surface area contributed by atoms with Crippen molar-refractivity contribution in [2.45, 2.75) is 6.42 Å². The number of nitro groups is 1. The van der Waals surface area contributed by atoms with Crippen molar-refractivity contribution in [2.24, 2.45) is 40.6 Å². The molecule has 2 aromatic rings. The molecule has 8 heteroatoms. The molecule has 8 nitrogen and oxygen atoms in total. The van der Waals surface area contributed by atoms with Crippen LogP contribution in [0.4, 0.5) is 5.69 Å². The molecule has 4 aliphatic carbocycles. The summed E-state index contributed by atoms with van der Waals surface area (Å²) in [7, 11) is 0. The molecular weight excluding hydrogens is 386 g/mol. The van der Waals surface area contributed by atoms with Gasteiger partial charge in [-0.3, -0.25) is 19.7 Å². The highest BCUT2D eigenvalue weighted by Crippen LogP contribution is 2.65. The fraction of sp³-hybridized carbons (Fsp3) is 0.318. The van der Waals surface area contributed by atoms with E-state index in [1.54, 1.807) is 24.3 Å². The number of non-ortho nitro benzene ring substituents is 1. The third-order valence-corrected chi connectivity index (χ3v) is 6.91. The maximum Gasteiger partial charge on any atom is 0.270 e. The number of nitro benzene ring substituents is 1. The molecule has 6 atom stereocenters. The van der Waals surface area contributed by atoms with Crippen LogP contribution < -0.4 is 0 Å². The Morgan fingerprint density at radius 2 is 1.77 bits per heavy atom. The van der Waals surface area contributed by atoms with Gasteiger partial charge in [-0.2, -0.15) is 10.1 Å². The Bertz CT molecular complexity index is 1130. The van der Waals surface area contributed by atoms with Crippen LogP contribution in [0.5, 0.6) is 0 Å². The fourth-order valence-electron chi connectivity index (χ4n) is 5.52. The van der Waals surface area contributed by atoms with Gasteiger partial charge in [0, 0.05) is 17.7 Å². The molecule has 1 aliphatic heterocycles. The quantitative estimate of drug-likeness (QED) is 0.256. The molecule has 2 saturated carbocycles. The molecule has 0 spiro atoms. The van der Waals surface area contributed by atoms with Crippen molar-refractivity contribution >= 4 is 23.7 Å². The van der Waals surface area contributed by atoms with E-state index in [9.17, 15) is 19.7 Å². The van der Waals surface area contributed by atoms with Crippen molar-refractivity contribution in [2.75, 3.05) is 0 Å². The third-order valence-electron chi connectivity index (χ3n) is 6.91. The lowest BCUT2D eigenvalue weighted by Crippen LogP contribution is -2.40. The summed E-state index contributed by atoms with van der Waals surface area (Å²) in [5.74, 6) is 1.18. The van der Waals surface area contributed by atoms with E-state index in [4.69, 9.17) is 4.42 Å². The Morgan fingerprint density at radius 1 is 1.07 bits per heavy atom. The number of amides is 2. The van der Waals surface area contributed by atoms with E-state index in [2.05, 4.69) is 17.3 Å². The number of hydrazone groups is 1. The van der Waals surface area contributed by atoms with Gasteiger partial charge in [0.25, 0.3) is 17.5 Å². The zero-order chi connectivity index (χ0) is 20.6. The average molecular weight is 403 g/mol. The topological polar surface area (TPSA) is 106 Å². The molecule has 1 aromatic carbocycles. The smallest absolute Gasteiger partial charge is 0.270 e. The van der Waals surface area contributed by atoms with Gasteiger partial charge in [0.05, 0.1) is 23.0 Å². The van der Waals surface area contributed by atoms with Crippen LogP contribution in [-0.2, 0) is 9.59 Å². The van der Waals surface area contributed by atoms with Crippen molar-refractivity contribution in [3.63, 3.8) is 0 Å². The second kappa shape index (κ2) is 5.98. The Labute approximate surface area is 171 Å². The van der Waals surface area contributed by atoms with E-state index in [0.29, 0.717) is 28.9 Å². The molecule has 1 aromatic heterocycles. The molecule has 30 heavy (non-hydrogen) atoms. The molecule has 150 valence electrons. The molecule has 2 heterocycles. The number of allylic oxidation sites excluding steroid dienone is 2. The Hall–Kier alpha value is -3.55. The first-order valence-corrected chi connectivity index (χ1v) is 9.98. The average Bonchev–Trinajstić information content (AvgIpc) is 3.39. The van der Waals surface area contributed by atoms with E-state index < -0.39 is 4.92 Å². The molecule has 3 fully saturated rings. The first-order valence-electron chi connectivity index (χ1n) is 9.98. The molecule has 0 radical (unpaired) electrons. The summed E-state index contributed by atoms with van der Waals surface area (Å²) in [6.45, 7) is 0. The fourth-order valence-corrected chi connectivity index (χ4v) is 5.52. The molecule has 1 saturated heterocycles. The number of carbonyl (C=O) groups excluding carboxylic acids is 2. The maximum atomic E-state index is 12.9. The summed E-state index contributed by atoms with van der Waals surface area (Å²) in [5, 5.41) is 16.1. The number of benzene rings is 1. The monoisotopic (exact) mass is 403 g/mol. The molecular formula is C22H17N3O5. The first-order chi connectivity index (χ1) is 14.5. The van der Waals surface area contributed by atoms with E-state index in [0.717, 1.165) is 11.4 Å². The van der Waals surface area contributed by atoms with E-state index >= 15 is 0 Å². The van der Waals surface area contributed by atoms with Gasteiger partial charge >= 0.3 is 0 Å². The van der Waals surface area contributed by atoms with Crippen molar-refractivity contribution in [1.82, 2.24) is 5.01 Å². The second-order valence-corrected chi connectivity index (χ2v) is 8.40. The summed E-state index contributed by atoms with van der Waals surface area (Å²) in [6.07, 6.45) is 6.71. The lowest BCUT2D eigenvalue weighted by molar-refractivity contribution is -0.384. The molecule has 2 bridgehead atoms. The van der Waals surface area contributed by atoms with Gasteiger partial charge in [-0.15, -0.1) is 0 Å². The Morgan fingerprint density at radius 3 is 2.43 bits per heavy atom. The van der Waals surface area contributed by atoms with E-state index in [1.807, 2.05) is 0 Å². The number of carbonyl (C=O) groups is 2. The van der Waals surface area contributed by atoms with Gasteiger partial charge in [0.1, 0.15) is 11.5 Å². The minimum atomic E-state index is -0.467. The van der Waals surface area contributed by atoms with Crippen LogP contribution >= 0.6 is 0 Å². The van der Waals surface area contributed by atoms with Crippen LogP contribution in [-0.4, -0.2) is 28.0 Å². The summed E-state index contributed by atoms with van der Waals surface area (Å²) in [4.78, 5) is 36.3. The van der Waals surface area contributed by atoms with E-state index in [1.165, 1.54) is 18.3 Å². The maximum absolute atomic E-state index is 12.9. The van der Waals surface area contributed by atoms with Crippen LogP contribution in [0.2, 0.25) is 0 Å². The zero-order valence-corrected chi connectivity index (χ0v) is 15.8. The van der Waals surface area contributed by atoms with E-state index in [-0.39, 0.29) is 41.2 Å². The van der Waals surface area contributed by atoms with Crippen LogP contribution in [0.15, 0.2) is 58.1 Å². The third kappa shape index (κ3) is 2.36. The highest BCUT2D eigenvalue weighted by Gasteiger charge is 2.67.